The van der Waals surface area contributed by atoms with Gasteiger partial charge in [0, 0.05) is 24.9 Å². The van der Waals surface area contributed by atoms with Crippen LogP contribution in [0.5, 0.6) is 5.75 Å². The molecular weight excluding hydrogens is 289 g/mol. The number of rotatable bonds is 5. The zero-order chi connectivity index (χ0) is 15.5. The Bertz CT molecular complexity index is 805. The third-order valence-electron chi connectivity index (χ3n) is 3.02. The lowest BCUT2D eigenvalue weighted by molar-refractivity contribution is 0.181. The Hall–Kier alpha value is -2.74. The molecule has 1 N–H and O–H groups in total. The van der Waals surface area contributed by atoms with Gasteiger partial charge in [0.05, 0.1) is 19.4 Å². The maximum atomic E-state index is 13.5. The summed E-state index contributed by atoms with van der Waals surface area (Å²) in [6.45, 7) is 0.352. The van der Waals surface area contributed by atoms with Gasteiger partial charge in [0.2, 0.25) is 0 Å². The molecule has 0 amide bonds. The van der Waals surface area contributed by atoms with Gasteiger partial charge in [-0.15, -0.1) is 0 Å². The van der Waals surface area contributed by atoms with Crippen molar-refractivity contribution in [1.29, 1.82) is 0 Å². The molecule has 0 aliphatic rings. The monoisotopic (exact) mass is 303 g/mol. The molecule has 0 aliphatic carbocycles. The topological polar surface area (TPSA) is 73.6 Å². The highest BCUT2D eigenvalue weighted by Crippen LogP contribution is 2.24. The average Bonchev–Trinajstić information content (AvgIpc) is 2.98. The number of halogens is 1. The molecule has 0 aliphatic heterocycles. The molecule has 0 atom stereocenters. The molecule has 2 heterocycles. The molecular formula is C14H14FN5O2. The highest BCUT2D eigenvalue weighted by molar-refractivity contribution is 5.60. The van der Waals surface area contributed by atoms with Crippen molar-refractivity contribution in [3.8, 4) is 5.75 Å². The minimum Gasteiger partial charge on any atom is -0.494 e. The van der Waals surface area contributed by atoms with E-state index in [4.69, 9.17) is 9.47 Å². The number of hydrogen-bond acceptors (Lipinski definition) is 6. The van der Waals surface area contributed by atoms with E-state index in [1.807, 2.05) is 0 Å². The zero-order valence-electron chi connectivity index (χ0n) is 12.1. The molecule has 0 saturated heterocycles. The predicted octanol–water partition coefficient (Wildman–Crippen LogP) is 2.16. The van der Waals surface area contributed by atoms with Crippen LogP contribution in [0.15, 0.2) is 30.6 Å². The van der Waals surface area contributed by atoms with Crippen molar-refractivity contribution < 1.29 is 13.9 Å². The first-order valence-corrected chi connectivity index (χ1v) is 6.50. The van der Waals surface area contributed by atoms with Crippen LogP contribution in [-0.2, 0) is 11.3 Å². The molecule has 3 aromatic rings. The van der Waals surface area contributed by atoms with Gasteiger partial charge in [0.15, 0.2) is 11.6 Å². The van der Waals surface area contributed by atoms with Crippen LogP contribution in [0, 0.1) is 5.82 Å². The van der Waals surface area contributed by atoms with E-state index in [1.54, 1.807) is 29.8 Å². The number of fused-ring (bicyclic) bond motifs is 1. The Morgan fingerprint density at radius 2 is 2.14 bits per heavy atom. The lowest BCUT2D eigenvalue weighted by atomic mass is 10.3. The van der Waals surface area contributed by atoms with Crippen LogP contribution in [0.3, 0.4) is 0 Å². The summed E-state index contributed by atoms with van der Waals surface area (Å²) in [6, 6.07) is 6.30. The van der Waals surface area contributed by atoms with Crippen molar-refractivity contribution in [2.45, 2.75) is 6.61 Å². The second-order valence-corrected chi connectivity index (χ2v) is 4.51. The first kappa shape index (κ1) is 14.2. The molecule has 1 aromatic carbocycles. The fourth-order valence-corrected chi connectivity index (χ4v) is 2.06. The highest BCUT2D eigenvalue weighted by Gasteiger charge is 2.09. The summed E-state index contributed by atoms with van der Waals surface area (Å²) < 4.78 is 25.1. The molecule has 0 fully saturated rings. The quantitative estimate of drug-likeness (QED) is 0.778. The average molecular weight is 303 g/mol. The van der Waals surface area contributed by atoms with Crippen LogP contribution in [0.4, 0.5) is 15.9 Å². The smallest absolute Gasteiger partial charge is 0.254 e. The Balaban J connectivity index is 2.00. The molecule has 8 heteroatoms. The molecule has 0 unspecified atom stereocenters. The lowest BCUT2D eigenvalue weighted by Gasteiger charge is -2.11. The highest BCUT2D eigenvalue weighted by atomic mass is 19.1. The van der Waals surface area contributed by atoms with Crippen molar-refractivity contribution in [3.05, 3.63) is 42.1 Å². The second kappa shape index (κ2) is 5.94. The van der Waals surface area contributed by atoms with Crippen molar-refractivity contribution in [2.75, 3.05) is 19.5 Å². The van der Waals surface area contributed by atoms with Gasteiger partial charge in [-0.05, 0) is 12.1 Å². The minimum absolute atomic E-state index is 0.158. The number of nitrogens with zero attached hydrogens (tertiary/aromatic N) is 4. The molecule has 0 spiro atoms. The first-order valence-electron chi connectivity index (χ1n) is 6.50. The Morgan fingerprint density at radius 3 is 2.91 bits per heavy atom. The van der Waals surface area contributed by atoms with Crippen LogP contribution in [-0.4, -0.2) is 33.8 Å². The molecule has 0 bridgehead atoms. The van der Waals surface area contributed by atoms with Crippen LogP contribution in [0.2, 0.25) is 0 Å². The Labute approximate surface area is 125 Å². The molecule has 22 heavy (non-hydrogen) atoms. The summed E-state index contributed by atoms with van der Waals surface area (Å²) in [7, 11) is 3.01. The molecule has 2 aromatic heterocycles. The fraction of sp³-hybridized carbons (Fsp3) is 0.214. The largest absolute Gasteiger partial charge is 0.494 e. The van der Waals surface area contributed by atoms with Crippen LogP contribution >= 0.6 is 0 Å². The van der Waals surface area contributed by atoms with Gasteiger partial charge in [-0.2, -0.15) is 14.6 Å². The van der Waals surface area contributed by atoms with E-state index in [2.05, 4.69) is 20.4 Å². The van der Waals surface area contributed by atoms with Crippen molar-refractivity contribution >= 4 is 17.3 Å². The third kappa shape index (κ3) is 2.68. The van der Waals surface area contributed by atoms with E-state index in [9.17, 15) is 4.39 Å². The standard InChI is InChI=1S/C14H14FN5O2/c1-21-7-10-6-13(20-14(19-10)16-8-17-20)18-9-3-4-11(15)12(5-9)22-2/h3-6,8,18H,7H2,1-2H3. The van der Waals surface area contributed by atoms with Crippen molar-refractivity contribution in [2.24, 2.45) is 0 Å². The maximum Gasteiger partial charge on any atom is 0.254 e. The second-order valence-electron chi connectivity index (χ2n) is 4.51. The molecule has 0 saturated carbocycles. The number of aromatic nitrogens is 4. The summed E-state index contributed by atoms with van der Waals surface area (Å²) in [5.74, 6) is 0.828. The summed E-state index contributed by atoms with van der Waals surface area (Å²) in [5.41, 5.74) is 1.36. The van der Waals surface area contributed by atoms with E-state index < -0.39 is 5.82 Å². The van der Waals surface area contributed by atoms with Gasteiger partial charge in [-0.25, -0.2) is 9.37 Å². The summed E-state index contributed by atoms with van der Waals surface area (Å²) in [6.07, 6.45) is 1.41. The fourth-order valence-electron chi connectivity index (χ4n) is 2.06. The van der Waals surface area contributed by atoms with E-state index >= 15 is 0 Å². The van der Waals surface area contributed by atoms with E-state index in [-0.39, 0.29) is 5.75 Å². The SMILES string of the molecule is COCc1cc(Nc2ccc(F)c(OC)c2)n2ncnc2n1. The van der Waals surface area contributed by atoms with Crippen LogP contribution < -0.4 is 10.1 Å². The number of hydrogen-bond donors (Lipinski definition) is 1. The Kier molecular flexibility index (Phi) is 3.84. The number of ether oxygens (including phenoxy) is 2. The van der Waals surface area contributed by atoms with Crippen molar-refractivity contribution in [1.82, 2.24) is 19.6 Å². The summed E-state index contributed by atoms with van der Waals surface area (Å²) >= 11 is 0. The van der Waals surface area contributed by atoms with Gasteiger partial charge < -0.3 is 14.8 Å². The van der Waals surface area contributed by atoms with Crippen LogP contribution in [0.25, 0.3) is 5.78 Å². The molecule has 3 rings (SSSR count). The normalized spacial score (nSPS) is 10.9. The van der Waals surface area contributed by atoms with Gasteiger partial charge in [-0.1, -0.05) is 0 Å². The van der Waals surface area contributed by atoms with Crippen molar-refractivity contribution in [3.63, 3.8) is 0 Å². The number of anilines is 2. The number of nitrogens with one attached hydrogen (secondary N) is 1. The van der Waals surface area contributed by atoms with Crippen LogP contribution in [0.1, 0.15) is 5.69 Å². The van der Waals surface area contributed by atoms with E-state index in [1.165, 1.54) is 19.5 Å². The zero-order valence-corrected chi connectivity index (χ0v) is 12.1. The molecule has 0 radical (unpaired) electrons. The number of methoxy groups -OCH3 is 2. The summed E-state index contributed by atoms with van der Waals surface area (Å²) in [4.78, 5) is 8.39. The maximum absolute atomic E-state index is 13.5. The molecule has 114 valence electrons. The van der Waals surface area contributed by atoms with E-state index in [0.29, 0.717) is 29.6 Å². The first-order chi connectivity index (χ1) is 10.7. The van der Waals surface area contributed by atoms with Gasteiger partial charge in [0.25, 0.3) is 5.78 Å². The lowest BCUT2D eigenvalue weighted by Crippen LogP contribution is -2.05. The van der Waals surface area contributed by atoms with E-state index in [0.717, 1.165) is 0 Å². The van der Waals surface area contributed by atoms with Gasteiger partial charge in [0.1, 0.15) is 12.1 Å². The minimum atomic E-state index is -0.422. The predicted molar refractivity (Wildman–Crippen MR) is 77.7 cm³/mol. The number of benzene rings is 1. The Morgan fingerprint density at radius 1 is 1.27 bits per heavy atom. The molecule has 7 nitrogen and oxygen atoms in total. The third-order valence-corrected chi connectivity index (χ3v) is 3.02. The summed E-state index contributed by atoms with van der Waals surface area (Å²) in [5, 5.41) is 7.26. The van der Waals surface area contributed by atoms with Gasteiger partial charge in [-0.3, -0.25) is 0 Å². The van der Waals surface area contributed by atoms with Gasteiger partial charge >= 0.3 is 0 Å².